The van der Waals surface area contributed by atoms with Gasteiger partial charge in [-0.15, -0.1) is 0 Å². The van der Waals surface area contributed by atoms with Crippen molar-refractivity contribution in [2.45, 2.75) is 26.9 Å². The highest BCUT2D eigenvalue weighted by Crippen LogP contribution is 2.31. The van der Waals surface area contributed by atoms with E-state index in [1.54, 1.807) is 37.3 Å². The number of aryl methyl sites for hydroxylation is 2. The average Bonchev–Trinajstić information content (AvgIpc) is 2.74. The molecule has 2 aromatic carbocycles. The predicted octanol–water partition coefficient (Wildman–Crippen LogP) is 3.49. The molecule has 1 aromatic heterocycles. The fourth-order valence-corrected chi connectivity index (χ4v) is 3.19. The molecule has 7 heteroatoms. The third kappa shape index (κ3) is 4.35. The van der Waals surface area contributed by atoms with Crippen molar-refractivity contribution >= 4 is 22.9 Å². The molecule has 1 heterocycles. The molecular formula is C23H22O7. The van der Waals surface area contributed by atoms with Gasteiger partial charge in [-0.25, -0.2) is 9.59 Å². The van der Waals surface area contributed by atoms with Gasteiger partial charge in [0.1, 0.15) is 17.9 Å². The van der Waals surface area contributed by atoms with Gasteiger partial charge in [-0.1, -0.05) is 12.1 Å². The molecule has 7 nitrogen and oxygen atoms in total. The minimum atomic E-state index is -0.569. The van der Waals surface area contributed by atoms with Gasteiger partial charge in [0, 0.05) is 0 Å². The summed E-state index contributed by atoms with van der Waals surface area (Å²) in [7, 11) is 2.60. The maximum Gasteiger partial charge on any atom is 0.340 e. The highest BCUT2D eigenvalue weighted by Gasteiger charge is 2.18. The van der Waals surface area contributed by atoms with Crippen LogP contribution in [0.15, 0.2) is 45.6 Å². The first-order valence-corrected chi connectivity index (χ1v) is 9.27. The molecule has 0 aliphatic heterocycles. The summed E-state index contributed by atoms with van der Waals surface area (Å²) in [6.07, 6.45) is -0.178. The molecule has 0 radical (unpaired) electrons. The lowest BCUT2D eigenvalue weighted by atomic mass is 10.0. The van der Waals surface area contributed by atoms with Crippen molar-refractivity contribution in [1.29, 1.82) is 0 Å². The van der Waals surface area contributed by atoms with Gasteiger partial charge in [-0.05, 0) is 54.8 Å². The molecule has 156 valence electrons. The number of esters is 2. The fraction of sp³-hybridized carbons (Fsp3) is 0.261. The first kappa shape index (κ1) is 21.1. The number of methoxy groups -OCH3 is 2. The van der Waals surface area contributed by atoms with Crippen LogP contribution in [0.25, 0.3) is 11.0 Å². The van der Waals surface area contributed by atoms with Crippen LogP contribution in [0.5, 0.6) is 5.75 Å². The lowest BCUT2D eigenvalue weighted by Crippen LogP contribution is -2.16. The molecule has 0 aliphatic rings. The van der Waals surface area contributed by atoms with Crippen LogP contribution in [0, 0.1) is 13.8 Å². The van der Waals surface area contributed by atoms with Crippen molar-refractivity contribution in [3.8, 4) is 5.75 Å². The minimum absolute atomic E-state index is 0.178. The zero-order valence-corrected chi connectivity index (χ0v) is 17.2. The zero-order valence-electron chi connectivity index (χ0n) is 17.2. The third-order valence-corrected chi connectivity index (χ3v) is 4.81. The molecule has 0 spiro atoms. The third-order valence-electron chi connectivity index (χ3n) is 4.81. The van der Waals surface area contributed by atoms with E-state index in [-0.39, 0.29) is 18.6 Å². The van der Waals surface area contributed by atoms with Crippen LogP contribution in [0.1, 0.15) is 32.6 Å². The number of rotatable bonds is 6. The predicted molar refractivity (Wildman–Crippen MR) is 110 cm³/mol. The first-order chi connectivity index (χ1) is 14.3. The van der Waals surface area contributed by atoms with Gasteiger partial charge in [0.15, 0.2) is 0 Å². The maximum absolute atomic E-state index is 12.4. The van der Waals surface area contributed by atoms with E-state index in [0.717, 1.165) is 11.1 Å². The van der Waals surface area contributed by atoms with Gasteiger partial charge in [0.25, 0.3) is 0 Å². The van der Waals surface area contributed by atoms with Gasteiger partial charge < -0.3 is 18.6 Å². The maximum atomic E-state index is 12.4. The van der Waals surface area contributed by atoms with Gasteiger partial charge in [0.2, 0.25) is 0 Å². The molecule has 3 rings (SSSR count). The van der Waals surface area contributed by atoms with Crippen molar-refractivity contribution in [3.05, 3.63) is 74.6 Å². The Morgan fingerprint density at radius 1 is 1.00 bits per heavy atom. The van der Waals surface area contributed by atoms with E-state index < -0.39 is 17.6 Å². The van der Waals surface area contributed by atoms with Crippen LogP contribution in [0.4, 0.5) is 0 Å². The van der Waals surface area contributed by atoms with Crippen molar-refractivity contribution in [1.82, 2.24) is 0 Å². The Morgan fingerprint density at radius 3 is 2.33 bits per heavy atom. The topological polar surface area (TPSA) is 92.0 Å². The lowest BCUT2D eigenvalue weighted by molar-refractivity contribution is -0.139. The molecule has 0 unspecified atom stereocenters. The van der Waals surface area contributed by atoms with Gasteiger partial charge in [-0.3, -0.25) is 4.79 Å². The van der Waals surface area contributed by atoms with Crippen molar-refractivity contribution in [3.63, 3.8) is 0 Å². The van der Waals surface area contributed by atoms with Crippen LogP contribution >= 0.6 is 0 Å². The van der Waals surface area contributed by atoms with Gasteiger partial charge in [0.05, 0.1) is 37.2 Å². The molecular weight excluding hydrogens is 388 g/mol. The summed E-state index contributed by atoms with van der Waals surface area (Å²) in [4.78, 5) is 35.6. The molecule has 0 bridgehead atoms. The summed E-state index contributed by atoms with van der Waals surface area (Å²) < 4.78 is 20.9. The second-order valence-electron chi connectivity index (χ2n) is 6.86. The Bertz CT molecular complexity index is 1160. The molecule has 0 aliphatic carbocycles. The molecule has 0 amide bonds. The monoisotopic (exact) mass is 410 g/mol. The van der Waals surface area contributed by atoms with E-state index in [1.165, 1.54) is 14.2 Å². The van der Waals surface area contributed by atoms with Crippen LogP contribution < -0.4 is 10.4 Å². The van der Waals surface area contributed by atoms with Crippen molar-refractivity contribution in [2.24, 2.45) is 0 Å². The summed E-state index contributed by atoms with van der Waals surface area (Å²) in [5.74, 6) is -0.393. The molecule has 30 heavy (non-hydrogen) atoms. The largest absolute Gasteiger partial charge is 0.488 e. The average molecular weight is 410 g/mol. The van der Waals surface area contributed by atoms with Crippen LogP contribution in [0.3, 0.4) is 0 Å². The summed E-state index contributed by atoms with van der Waals surface area (Å²) in [5, 5.41) is 0.630. The second-order valence-corrected chi connectivity index (χ2v) is 6.86. The van der Waals surface area contributed by atoms with Crippen molar-refractivity contribution < 1.29 is 28.2 Å². The SMILES string of the molecule is COC(=O)Cc1c(C)c2c(OCc3ccc(C(=O)OC)cc3)cc(C)cc2oc1=O. The number of hydrogen-bond acceptors (Lipinski definition) is 7. The van der Waals surface area contributed by atoms with E-state index in [2.05, 4.69) is 4.74 Å². The number of fused-ring (bicyclic) bond motifs is 1. The van der Waals surface area contributed by atoms with E-state index in [4.69, 9.17) is 13.9 Å². The van der Waals surface area contributed by atoms with Crippen LogP contribution in [0.2, 0.25) is 0 Å². The number of carbonyl (C=O) groups is 2. The Hall–Kier alpha value is -3.61. The highest BCUT2D eigenvalue weighted by atomic mass is 16.5. The Kier molecular flexibility index (Phi) is 6.20. The number of hydrogen-bond donors (Lipinski definition) is 0. The second kappa shape index (κ2) is 8.82. The molecule has 0 fully saturated rings. The quantitative estimate of drug-likeness (QED) is 0.454. The smallest absolute Gasteiger partial charge is 0.340 e. The Labute approximate surface area is 173 Å². The van der Waals surface area contributed by atoms with Gasteiger partial charge >= 0.3 is 17.6 Å². The molecule has 0 N–H and O–H groups in total. The highest BCUT2D eigenvalue weighted by molar-refractivity contribution is 5.90. The summed E-state index contributed by atoms with van der Waals surface area (Å²) >= 11 is 0. The summed E-state index contributed by atoms with van der Waals surface area (Å²) in [5.41, 5.74) is 2.84. The summed E-state index contributed by atoms with van der Waals surface area (Å²) in [6.45, 7) is 3.87. The van der Waals surface area contributed by atoms with Crippen LogP contribution in [-0.4, -0.2) is 26.2 Å². The summed E-state index contributed by atoms with van der Waals surface area (Å²) in [6, 6.07) is 10.5. The Morgan fingerprint density at radius 2 is 1.70 bits per heavy atom. The van der Waals surface area contributed by atoms with E-state index in [0.29, 0.717) is 27.8 Å². The van der Waals surface area contributed by atoms with E-state index >= 15 is 0 Å². The van der Waals surface area contributed by atoms with Crippen molar-refractivity contribution in [2.75, 3.05) is 14.2 Å². The molecule has 3 aromatic rings. The first-order valence-electron chi connectivity index (χ1n) is 9.27. The zero-order chi connectivity index (χ0) is 21.8. The van der Waals surface area contributed by atoms with E-state index in [1.807, 2.05) is 13.0 Å². The number of benzene rings is 2. The minimum Gasteiger partial charge on any atom is -0.488 e. The van der Waals surface area contributed by atoms with Gasteiger partial charge in [-0.2, -0.15) is 0 Å². The fourth-order valence-electron chi connectivity index (χ4n) is 3.19. The Balaban J connectivity index is 1.96. The molecule has 0 atom stereocenters. The normalized spacial score (nSPS) is 10.7. The van der Waals surface area contributed by atoms with Crippen LogP contribution in [-0.2, 0) is 27.3 Å². The lowest BCUT2D eigenvalue weighted by Gasteiger charge is -2.14. The standard InChI is InChI=1S/C23H22O7/c1-13-9-18(29-12-15-5-7-16(8-6-15)22(25)28-4)21-14(2)17(11-20(24)27-3)23(26)30-19(21)10-13/h5-10H,11-12H2,1-4H3. The number of carbonyl (C=O) groups excluding carboxylic acids is 2. The number of ether oxygens (including phenoxy) is 3. The van der Waals surface area contributed by atoms with E-state index in [9.17, 15) is 14.4 Å². The molecule has 0 saturated heterocycles. The molecule has 0 saturated carbocycles.